The maximum absolute atomic E-state index is 11.7. The topological polar surface area (TPSA) is 64.3 Å². The number of carbonyl (C=O) groups excluding carboxylic acids is 1. The van der Waals surface area contributed by atoms with Gasteiger partial charge in [-0.2, -0.15) is 0 Å². The van der Waals surface area contributed by atoms with Gasteiger partial charge in [0.05, 0.1) is 17.5 Å². The van der Waals surface area contributed by atoms with Crippen molar-refractivity contribution >= 4 is 17.3 Å². The van der Waals surface area contributed by atoms with Gasteiger partial charge in [-0.15, -0.1) is 0 Å². The van der Waals surface area contributed by atoms with Crippen molar-refractivity contribution in [3.05, 3.63) is 23.8 Å². The van der Waals surface area contributed by atoms with Gasteiger partial charge in [0, 0.05) is 0 Å². The smallest absolute Gasteiger partial charge is 0.250 e. The number of ether oxygens (including phenoxy) is 1. The lowest BCUT2D eigenvalue weighted by atomic mass is 10.1. The van der Waals surface area contributed by atoms with Gasteiger partial charge in [-0.05, 0) is 31.9 Å². The minimum Gasteiger partial charge on any atom is -0.397 e. The fourth-order valence-electron chi connectivity index (χ4n) is 1.74. The van der Waals surface area contributed by atoms with Gasteiger partial charge < -0.3 is 15.8 Å². The van der Waals surface area contributed by atoms with Crippen LogP contribution in [0.3, 0.4) is 0 Å². The summed E-state index contributed by atoms with van der Waals surface area (Å²) in [7, 11) is 0. The van der Waals surface area contributed by atoms with Crippen molar-refractivity contribution in [3.63, 3.8) is 0 Å². The predicted octanol–water partition coefficient (Wildman–Crippen LogP) is 2.72. The number of hydrogen-bond donors (Lipinski definition) is 2. The maximum Gasteiger partial charge on any atom is 0.250 e. The molecule has 0 radical (unpaired) electrons. The number of carbonyl (C=O) groups is 1. The zero-order valence-electron chi connectivity index (χ0n) is 11.3. The van der Waals surface area contributed by atoms with E-state index < -0.39 is 0 Å². The standard InChI is InChI=1S/C14H22N2O2/c1-4-6-11(3)18-9-13(17)16-14-10(2)7-5-8-12(14)15/h5,7-8,11H,4,6,9,15H2,1-3H3,(H,16,17). The van der Waals surface area contributed by atoms with Gasteiger partial charge in [-0.25, -0.2) is 0 Å². The van der Waals surface area contributed by atoms with Crippen molar-refractivity contribution in [2.24, 2.45) is 0 Å². The molecule has 0 aromatic heterocycles. The first-order valence-electron chi connectivity index (χ1n) is 6.31. The van der Waals surface area contributed by atoms with Crippen molar-refractivity contribution in [2.45, 2.75) is 39.7 Å². The molecule has 0 aliphatic carbocycles. The lowest BCUT2D eigenvalue weighted by Crippen LogP contribution is -2.22. The number of rotatable bonds is 6. The summed E-state index contributed by atoms with van der Waals surface area (Å²) < 4.78 is 5.44. The highest BCUT2D eigenvalue weighted by molar-refractivity contribution is 5.95. The van der Waals surface area contributed by atoms with Crippen LogP contribution in [0.15, 0.2) is 18.2 Å². The maximum atomic E-state index is 11.7. The number of anilines is 2. The first kappa shape index (κ1) is 14.5. The Labute approximate surface area is 109 Å². The molecule has 1 aromatic carbocycles. The second-order valence-corrected chi connectivity index (χ2v) is 4.50. The molecule has 4 heteroatoms. The molecule has 0 saturated carbocycles. The average molecular weight is 250 g/mol. The summed E-state index contributed by atoms with van der Waals surface area (Å²) in [6, 6.07) is 5.54. The van der Waals surface area contributed by atoms with Crippen molar-refractivity contribution in [1.29, 1.82) is 0 Å². The van der Waals surface area contributed by atoms with Gasteiger partial charge in [0.25, 0.3) is 0 Å². The van der Waals surface area contributed by atoms with Gasteiger partial charge in [0.2, 0.25) is 5.91 Å². The van der Waals surface area contributed by atoms with Gasteiger partial charge in [0.15, 0.2) is 0 Å². The summed E-state index contributed by atoms with van der Waals surface area (Å²) >= 11 is 0. The average Bonchev–Trinajstić information content (AvgIpc) is 2.32. The quantitative estimate of drug-likeness (QED) is 0.763. The molecule has 0 heterocycles. The van der Waals surface area contributed by atoms with E-state index in [2.05, 4.69) is 12.2 Å². The highest BCUT2D eigenvalue weighted by Gasteiger charge is 2.09. The molecule has 4 nitrogen and oxygen atoms in total. The van der Waals surface area contributed by atoms with Crippen LogP contribution in [0.4, 0.5) is 11.4 Å². The van der Waals surface area contributed by atoms with E-state index in [0.29, 0.717) is 11.4 Å². The van der Waals surface area contributed by atoms with E-state index in [4.69, 9.17) is 10.5 Å². The van der Waals surface area contributed by atoms with Crippen LogP contribution in [0, 0.1) is 6.92 Å². The van der Waals surface area contributed by atoms with Crippen LogP contribution in [-0.4, -0.2) is 18.6 Å². The SMILES string of the molecule is CCCC(C)OCC(=O)Nc1c(C)cccc1N. The Morgan fingerprint density at radius 3 is 2.83 bits per heavy atom. The van der Waals surface area contributed by atoms with E-state index in [1.54, 1.807) is 6.07 Å². The molecule has 0 aliphatic rings. The molecule has 18 heavy (non-hydrogen) atoms. The van der Waals surface area contributed by atoms with Crippen molar-refractivity contribution in [2.75, 3.05) is 17.7 Å². The number of nitrogens with two attached hydrogens (primary N) is 1. The predicted molar refractivity (Wildman–Crippen MR) is 74.5 cm³/mol. The lowest BCUT2D eigenvalue weighted by Gasteiger charge is -2.14. The highest BCUT2D eigenvalue weighted by atomic mass is 16.5. The van der Waals surface area contributed by atoms with Gasteiger partial charge in [0.1, 0.15) is 6.61 Å². The summed E-state index contributed by atoms with van der Waals surface area (Å²) in [5, 5.41) is 2.79. The monoisotopic (exact) mass is 250 g/mol. The number of aryl methyl sites for hydroxylation is 1. The molecule has 0 spiro atoms. The molecule has 1 unspecified atom stereocenters. The third-order valence-electron chi connectivity index (χ3n) is 2.76. The fourth-order valence-corrected chi connectivity index (χ4v) is 1.74. The Morgan fingerprint density at radius 2 is 2.22 bits per heavy atom. The number of nitrogens with one attached hydrogen (secondary N) is 1. The number of para-hydroxylation sites is 1. The second kappa shape index (κ2) is 7.01. The van der Waals surface area contributed by atoms with E-state index in [1.807, 2.05) is 26.0 Å². The van der Waals surface area contributed by atoms with E-state index >= 15 is 0 Å². The number of amides is 1. The lowest BCUT2D eigenvalue weighted by molar-refractivity contribution is -0.122. The summed E-state index contributed by atoms with van der Waals surface area (Å²) in [6.07, 6.45) is 2.11. The Morgan fingerprint density at radius 1 is 1.50 bits per heavy atom. The zero-order chi connectivity index (χ0) is 13.5. The van der Waals surface area contributed by atoms with Gasteiger partial charge in [-0.1, -0.05) is 25.5 Å². The summed E-state index contributed by atoms with van der Waals surface area (Å²) in [6.45, 7) is 6.04. The van der Waals surface area contributed by atoms with Crippen LogP contribution in [0.25, 0.3) is 0 Å². The number of benzene rings is 1. The van der Waals surface area contributed by atoms with E-state index in [0.717, 1.165) is 18.4 Å². The highest BCUT2D eigenvalue weighted by Crippen LogP contribution is 2.22. The Balaban J connectivity index is 2.50. The van der Waals surface area contributed by atoms with Crippen LogP contribution < -0.4 is 11.1 Å². The Kier molecular flexibility index (Phi) is 5.65. The zero-order valence-corrected chi connectivity index (χ0v) is 11.3. The number of nitrogen functional groups attached to an aromatic ring is 1. The minimum atomic E-state index is -0.168. The van der Waals surface area contributed by atoms with Gasteiger partial charge in [-0.3, -0.25) is 4.79 Å². The third kappa shape index (κ3) is 4.37. The molecule has 1 amide bonds. The summed E-state index contributed by atoms with van der Waals surface area (Å²) in [4.78, 5) is 11.7. The molecule has 100 valence electrons. The molecule has 3 N–H and O–H groups in total. The summed E-state index contributed by atoms with van der Waals surface area (Å²) in [5.41, 5.74) is 8.02. The van der Waals surface area contributed by atoms with Crippen LogP contribution >= 0.6 is 0 Å². The molecule has 0 bridgehead atoms. The van der Waals surface area contributed by atoms with E-state index in [-0.39, 0.29) is 18.6 Å². The van der Waals surface area contributed by atoms with Crippen molar-refractivity contribution < 1.29 is 9.53 Å². The van der Waals surface area contributed by atoms with Crippen LogP contribution in [0.5, 0.6) is 0 Å². The Hall–Kier alpha value is -1.55. The molecular formula is C14H22N2O2. The minimum absolute atomic E-state index is 0.0644. The fraction of sp³-hybridized carbons (Fsp3) is 0.500. The molecule has 1 atom stereocenters. The van der Waals surface area contributed by atoms with Crippen LogP contribution in [0.1, 0.15) is 32.3 Å². The second-order valence-electron chi connectivity index (χ2n) is 4.50. The van der Waals surface area contributed by atoms with Crippen LogP contribution in [0.2, 0.25) is 0 Å². The third-order valence-corrected chi connectivity index (χ3v) is 2.76. The van der Waals surface area contributed by atoms with E-state index in [1.165, 1.54) is 0 Å². The largest absolute Gasteiger partial charge is 0.397 e. The molecule has 1 rings (SSSR count). The first-order chi connectivity index (χ1) is 8.54. The molecular weight excluding hydrogens is 228 g/mol. The van der Waals surface area contributed by atoms with Crippen LogP contribution in [-0.2, 0) is 9.53 Å². The molecule has 0 aliphatic heterocycles. The molecule has 0 saturated heterocycles. The number of hydrogen-bond acceptors (Lipinski definition) is 3. The first-order valence-corrected chi connectivity index (χ1v) is 6.31. The molecule has 1 aromatic rings. The van der Waals surface area contributed by atoms with Crippen molar-refractivity contribution in [3.8, 4) is 0 Å². The summed E-state index contributed by atoms with van der Waals surface area (Å²) in [5.74, 6) is -0.168. The van der Waals surface area contributed by atoms with Crippen molar-refractivity contribution in [1.82, 2.24) is 0 Å². The Bertz CT molecular complexity index is 385. The normalized spacial score (nSPS) is 12.2. The van der Waals surface area contributed by atoms with E-state index in [9.17, 15) is 4.79 Å². The van der Waals surface area contributed by atoms with Gasteiger partial charge >= 0.3 is 0 Å². The molecule has 0 fully saturated rings.